The smallest absolute Gasteiger partial charge is 0.306 e. The van der Waals surface area contributed by atoms with E-state index < -0.39 is 220 Å². The zero-order chi connectivity index (χ0) is 85.4. The van der Waals surface area contributed by atoms with Crippen molar-refractivity contribution in [1.29, 1.82) is 0 Å². The van der Waals surface area contributed by atoms with Gasteiger partial charge in [0.05, 0.1) is 80.9 Å². The zero-order valence-corrected chi connectivity index (χ0v) is 71.8. The summed E-state index contributed by atoms with van der Waals surface area (Å²) in [5.74, 6) is -3.65. The molecule has 5 N–H and O–H groups in total. The minimum atomic E-state index is -1.22. The molecule has 0 bridgehead atoms. The highest BCUT2D eigenvalue weighted by molar-refractivity contribution is 8.00. The van der Waals surface area contributed by atoms with Crippen molar-refractivity contribution in [2.75, 3.05) is 171 Å². The number of fused-ring (bicyclic) bond motifs is 3. The third-order valence-electron chi connectivity index (χ3n) is 22.1. The lowest BCUT2D eigenvalue weighted by Crippen LogP contribution is -2.69. The van der Waals surface area contributed by atoms with E-state index in [1.54, 1.807) is 13.8 Å². The summed E-state index contributed by atoms with van der Waals surface area (Å²) < 4.78 is 167. The maximum absolute atomic E-state index is 13.8. The number of esters is 1. The lowest BCUT2D eigenvalue weighted by molar-refractivity contribution is -0.374. The van der Waals surface area contributed by atoms with Crippen LogP contribution in [-0.2, 0) is 157 Å². The van der Waals surface area contributed by atoms with Gasteiger partial charge in [-0.3, -0.25) is 28.8 Å². The van der Waals surface area contributed by atoms with Crippen LogP contribution in [0.5, 0.6) is 0 Å². The highest BCUT2D eigenvalue weighted by atomic mass is 32.2. The Kier molecular flexibility index (Phi) is 39.1. The summed E-state index contributed by atoms with van der Waals surface area (Å²) in [6.07, 6.45) is -27.5. The van der Waals surface area contributed by atoms with Gasteiger partial charge in [0.25, 0.3) is 0 Å². The Morgan fingerprint density at radius 3 is 1.08 bits per heavy atom. The van der Waals surface area contributed by atoms with Crippen LogP contribution in [0.15, 0.2) is 48.5 Å². The fraction of sp³-hybridized carbons (Fsp3) is 0.769. The number of carbonyl (C=O) groups excluding carboxylic acids is 6. The molecule has 668 valence electrons. The van der Waals surface area contributed by atoms with Crippen molar-refractivity contribution in [2.45, 2.75) is 217 Å². The molecule has 0 radical (unpaired) electrons. The molecule has 5 amide bonds. The number of amides is 5. The Labute approximate surface area is 698 Å². The minimum absolute atomic E-state index is 0.0183. The van der Waals surface area contributed by atoms with Gasteiger partial charge >= 0.3 is 5.97 Å². The van der Waals surface area contributed by atoms with E-state index in [0.717, 1.165) is 34.0 Å². The number of nitrogens with one attached hydrogen (secondary N) is 5. The van der Waals surface area contributed by atoms with Crippen LogP contribution in [0.2, 0.25) is 0 Å². The lowest BCUT2D eigenvalue weighted by atomic mass is 9.94. The average molecular weight is 1720 g/mol. The highest BCUT2D eigenvalue weighted by Crippen LogP contribution is 2.45. The average Bonchev–Trinajstić information content (AvgIpc) is 1.52. The SMILES string of the molecule is COCC1OC(NC(=O)CNC(=O)CSCC(=O)N[C@@H]2C(C)OC(OC3C(COC)OC(OC4C(COC)OC(NC(=O)CCC(=O)OCC5c6ccccc6-c6ccccc65)C(OC)C4OC)C(OC)C3OC)C(OC)C2OC)C(OC)C(OC)C1OC1OC(COC)C(OC2OC(C)[C@@H](NC(=O)CS)C(OC)C2OC)C(OC)C1OC. The van der Waals surface area contributed by atoms with E-state index in [2.05, 4.69) is 51.3 Å². The normalized spacial score (nSPS) is 35.4. The summed E-state index contributed by atoms with van der Waals surface area (Å²) in [4.78, 5) is 80.2. The van der Waals surface area contributed by atoms with Crippen LogP contribution in [0.3, 0.4) is 0 Å². The maximum Gasteiger partial charge on any atom is 0.306 e. The number of carbonyl (C=O) groups is 6. The predicted octanol–water partition coefficient (Wildman–Crippen LogP) is -0.201. The molecule has 6 fully saturated rings. The first-order valence-corrected chi connectivity index (χ1v) is 40.7. The van der Waals surface area contributed by atoms with E-state index in [1.165, 1.54) is 114 Å². The van der Waals surface area contributed by atoms with Crippen LogP contribution >= 0.6 is 24.4 Å². The Balaban J connectivity index is 0.749. The van der Waals surface area contributed by atoms with Crippen LogP contribution in [-0.4, -0.2) is 390 Å². The molecule has 0 aromatic heterocycles. The molecule has 28 unspecified atom stereocenters. The highest BCUT2D eigenvalue weighted by Gasteiger charge is 2.59. The molecule has 118 heavy (non-hydrogen) atoms. The molecule has 40 heteroatoms. The Bertz CT molecular complexity index is 3400. The molecule has 2 aromatic carbocycles. The van der Waals surface area contributed by atoms with Gasteiger partial charge in [0.2, 0.25) is 29.5 Å². The number of benzene rings is 2. The van der Waals surface area contributed by atoms with E-state index in [9.17, 15) is 28.8 Å². The summed E-state index contributed by atoms with van der Waals surface area (Å²) in [5, 5.41) is 14.1. The molecule has 0 saturated carbocycles. The number of hydrogen-bond donors (Lipinski definition) is 6. The second kappa shape index (κ2) is 47.7. The summed E-state index contributed by atoms with van der Waals surface area (Å²) >= 11 is 5.11. The van der Waals surface area contributed by atoms with Gasteiger partial charge in [0, 0.05) is 126 Å². The zero-order valence-electron chi connectivity index (χ0n) is 70.1. The van der Waals surface area contributed by atoms with E-state index >= 15 is 0 Å². The number of thioether (sulfide) groups is 1. The van der Waals surface area contributed by atoms with Gasteiger partial charge in [-0.1, -0.05) is 48.5 Å². The third-order valence-corrected chi connectivity index (χ3v) is 23.3. The molecule has 30 atom stereocenters. The van der Waals surface area contributed by atoms with Crippen molar-refractivity contribution in [3.05, 3.63) is 59.7 Å². The second-order valence-electron chi connectivity index (χ2n) is 29.0. The molecule has 9 rings (SSSR count). The van der Waals surface area contributed by atoms with Crippen LogP contribution in [0.1, 0.15) is 43.7 Å². The number of thiol groups is 1. The Hall–Kier alpha value is -5.08. The molecule has 38 nitrogen and oxygen atoms in total. The van der Waals surface area contributed by atoms with E-state index in [4.69, 9.17) is 128 Å². The van der Waals surface area contributed by atoms with E-state index in [1.807, 2.05) is 36.4 Å². The molecule has 6 saturated heterocycles. The summed E-state index contributed by atoms with van der Waals surface area (Å²) in [6, 6.07) is 14.6. The lowest BCUT2D eigenvalue weighted by Gasteiger charge is -2.51. The quantitative estimate of drug-likeness (QED) is 0.0369. The topological polar surface area (TPSA) is 412 Å². The number of ether oxygens (including phenoxy) is 27. The van der Waals surface area contributed by atoms with Crippen LogP contribution in [0, 0.1) is 0 Å². The number of hydrogen-bond acceptors (Lipinski definition) is 35. The second-order valence-corrected chi connectivity index (χ2v) is 30.3. The molecule has 0 spiro atoms. The first-order chi connectivity index (χ1) is 57.1. The minimum Gasteiger partial charge on any atom is -0.465 e. The van der Waals surface area contributed by atoms with Crippen molar-refractivity contribution >= 4 is 59.9 Å². The van der Waals surface area contributed by atoms with Crippen molar-refractivity contribution in [3.63, 3.8) is 0 Å². The Morgan fingerprint density at radius 2 is 0.695 bits per heavy atom. The largest absolute Gasteiger partial charge is 0.465 e. The first-order valence-electron chi connectivity index (χ1n) is 38.9. The third kappa shape index (κ3) is 23.3. The van der Waals surface area contributed by atoms with Crippen LogP contribution in [0.25, 0.3) is 11.1 Å². The molecule has 6 heterocycles. The van der Waals surface area contributed by atoms with Crippen LogP contribution in [0.4, 0.5) is 0 Å². The van der Waals surface area contributed by atoms with E-state index in [-0.39, 0.29) is 75.0 Å². The van der Waals surface area contributed by atoms with Crippen molar-refractivity contribution in [2.24, 2.45) is 0 Å². The van der Waals surface area contributed by atoms with Gasteiger partial charge in [0.15, 0.2) is 37.6 Å². The van der Waals surface area contributed by atoms with Crippen molar-refractivity contribution in [1.82, 2.24) is 26.6 Å². The van der Waals surface area contributed by atoms with E-state index in [0.29, 0.717) is 0 Å². The van der Waals surface area contributed by atoms with Gasteiger partial charge in [-0.05, 0) is 36.1 Å². The summed E-state index contributed by atoms with van der Waals surface area (Å²) in [5.41, 5.74) is 4.33. The number of methoxy groups -OCH3 is 16. The molecule has 1 aliphatic carbocycles. The van der Waals surface area contributed by atoms with Gasteiger partial charge in [-0.15, -0.1) is 11.8 Å². The van der Waals surface area contributed by atoms with Crippen molar-refractivity contribution in [3.8, 4) is 11.1 Å². The standard InChI is InChI=1S/C78H121N5O33S2/c1-38-55(80-51(86)35-117)61(94-7)69(102-15)75(107-38)113-59-47(33-92-5)112-78(72(105-18)65(59)98-11)116-58-46(32-91-4)110-74(68(101-14)64(58)97-10)83-50(85)29-79-52(87)36-118-37-53(88)81-56-39(2)108-76(70(103-16)62(56)95-8)114-60-48(34-93-6)111-77(71(104-17)66(60)99-12)115-57-45(31-90-3)109-73(67(100-13)63(57)96-9)82-49(84)27-28-54(89)106-30-44-42-25-21-19-23-40(42)41-24-20-22-26-43(41)44/h19-26,38-39,44-48,55-78,117H,27-37H2,1-18H3,(H,79,87)(H,80,86)(H,81,88)(H,82,84)(H,83,85)/t38?,39?,45?,46?,47?,48?,55-,56-,57?,58?,59?,60?,61?,62?,63?,64?,65?,66?,67?,68?,69?,70?,71?,72?,73?,74?,75?,76?,77?,78?/m1/s1. The molecular weight excluding hydrogens is 1600 g/mol. The Morgan fingerprint density at radius 1 is 0.356 bits per heavy atom. The maximum atomic E-state index is 13.8. The first kappa shape index (κ1) is 96.7. The molecule has 7 aliphatic rings. The monoisotopic (exact) mass is 1720 g/mol. The predicted molar refractivity (Wildman–Crippen MR) is 418 cm³/mol. The van der Waals surface area contributed by atoms with Crippen molar-refractivity contribution < 1.29 is 157 Å². The molecular formula is C78H121N5O33S2. The van der Waals surface area contributed by atoms with Gasteiger partial charge in [-0.2, -0.15) is 12.6 Å². The fourth-order valence-electron chi connectivity index (χ4n) is 16.5. The summed E-state index contributed by atoms with van der Waals surface area (Å²) in [6.45, 7) is 2.94. The number of rotatable bonds is 44. The van der Waals surface area contributed by atoms with Gasteiger partial charge < -0.3 is 154 Å². The van der Waals surface area contributed by atoms with Gasteiger partial charge in [-0.25, -0.2) is 0 Å². The molecule has 6 aliphatic heterocycles. The fourth-order valence-corrected chi connectivity index (χ4v) is 17.3. The van der Waals surface area contributed by atoms with Crippen LogP contribution < -0.4 is 26.6 Å². The molecule has 2 aromatic rings. The van der Waals surface area contributed by atoms with Gasteiger partial charge in [0.1, 0.15) is 129 Å². The summed E-state index contributed by atoms with van der Waals surface area (Å²) in [7, 11) is 23.4.